The van der Waals surface area contributed by atoms with Crippen LogP contribution in [0.2, 0.25) is 0 Å². The molecule has 90 valence electrons. The zero-order chi connectivity index (χ0) is 11.8. The average Bonchev–Trinajstić information content (AvgIpc) is 2.27. The maximum absolute atomic E-state index is 12.6. The number of hydrogen-bond donors (Lipinski definition) is 1. The van der Waals surface area contributed by atoms with Gasteiger partial charge in [-0.15, -0.1) is 0 Å². The highest BCUT2D eigenvalue weighted by Gasteiger charge is 2.00. The normalized spacial score (nSPS) is 12.7. The van der Waals surface area contributed by atoms with E-state index in [1.165, 1.54) is 12.1 Å². The minimum Gasteiger partial charge on any atom is -0.384 e. The summed E-state index contributed by atoms with van der Waals surface area (Å²) in [6.07, 6.45) is 0.931. The van der Waals surface area contributed by atoms with Gasteiger partial charge < -0.3 is 10.1 Å². The van der Waals surface area contributed by atoms with Crippen LogP contribution < -0.4 is 5.32 Å². The van der Waals surface area contributed by atoms with Crippen LogP contribution in [0.5, 0.6) is 0 Å². The Morgan fingerprint density at radius 2 is 2.00 bits per heavy atom. The lowest BCUT2D eigenvalue weighted by atomic mass is 10.1. The lowest BCUT2D eigenvalue weighted by Crippen LogP contribution is -2.25. The maximum atomic E-state index is 12.6. The Morgan fingerprint density at radius 3 is 2.62 bits per heavy atom. The maximum Gasteiger partial charge on any atom is 0.123 e. The molecule has 0 saturated carbocycles. The van der Waals surface area contributed by atoms with Crippen molar-refractivity contribution in [1.29, 1.82) is 0 Å². The molecule has 16 heavy (non-hydrogen) atoms. The number of methoxy groups -OCH3 is 1. The van der Waals surface area contributed by atoms with Crippen LogP contribution in [0.15, 0.2) is 24.3 Å². The zero-order valence-electron chi connectivity index (χ0n) is 10.0. The highest BCUT2D eigenvalue weighted by Crippen LogP contribution is 2.02. The van der Waals surface area contributed by atoms with E-state index >= 15 is 0 Å². The SMILES string of the molecule is COCC(C)CNCCc1ccc(F)cc1. The molecular weight excluding hydrogens is 205 g/mol. The summed E-state index contributed by atoms with van der Waals surface area (Å²) >= 11 is 0. The van der Waals surface area contributed by atoms with Gasteiger partial charge in [-0.3, -0.25) is 0 Å². The first-order valence-corrected chi connectivity index (χ1v) is 5.66. The van der Waals surface area contributed by atoms with Gasteiger partial charge in [-0.2, -0.15) is 0 Å². The molecular formula is C13H20FNO. The van der Waals surface area contributed by atoms with E-state index in [9.17, 15) is 4.39 Å². The van der Waals surface area contributed by atoms with Gasteiger partial charge in [0.05, 0.1) is 0 Å². The van der Waals surface area contributed by atoms with Crippen LogP contribution in [0, 0.1) is 11.7 Å². The van der Waals surface area contributed by atoms with Crippen LogP contribution in [0.4, 0.5) is 4.39 Å². The third-order valence-corrected chi connectivity index (χ3v) is 2.45. The van der Waals surface area contributed by atoms with Gasteiger partial charge in [0.2, 0.25) is 0 Å². The summed E-state index contributed by atoms with van der Waals surface area (Å²) in [5, 5.41) is 3.36. The molecule has 0 aliphatic rings. The highest BCUT2D eigenvalue weighted by molar-refractivity contribution is 5.16. The van der Waals surface area contributed by atoms with E-state index in [4.69, 9.17) is 4.74 Å². The smallest absolute Gasteiger partial charge is 0.123 e. The van der Waals surface area contributed by atoms with Crippen LogP contribution >= 0.6 is 0 Å². The molecule has 1 aromatic rings. The van der Waals surface area contributed by atoms with Gasteiger partial charge >= 0.3 is 0 Å². The summed E-state index contributed by atoms with van der Waals surface area (Å²) in [6.45, 7) is 4.80. The third-order valence-electron chi connectivity index (χ3n) is 2.45. The minimum atomic E-state index is -0.176. The van der Waals surface area contributed by atoms with Crippen molar-refractivity contribution < 1.29 is 9.13 Å². The van der Waals surface area contributed by atoms with Gasteiger partial charge in [0.1, 0.15) is 5.82 Å². The molecule has 0 bridgehead atoms. The van der Waals surface area contributed by atoms with Crippen molar-refractivity contribution in [2.45, 2.75) is 13.3 Å². The van der Waals surface area contributed by atoms with E-state index in [1.807, 2.05) is 12.1 Å². The van der Waals surface area contributed by atoms with E-state index in [0.29, 0.717) is 5.92 Å². The first-order chi connectivity index (χ1) is 7.72. The van der Waals surface area contributed by atoms with Gasteiger partial charge in [-0.25, -0.2) is 4.39 Å². The Kier molecular flexibility index (Phi) is 6.04. The summed E-state index contributed by atoms with van der Waals surface area (Å²) in [6, 6.07) is 6.66. The van der Waals surface area contributed by atoms with Crippen molar-refractivity contribution in [3.05, 3.63) is 35.6 Å². The monoisotopic (exact) mass is 225 g/mol. The molecule has 0 heterocycles. The Bertz CT molecular complexity index is 286. The number of ether oxygens (including phenoxy) is 1. The predicted molar refractivity (Wildman–Crippen MR) is 64.0 cm³/mol. The topological polar surface area (TPSA) is 21.3 Å². The summed E-state index contributed by atoms with van der Waals surface area (Å²) < 4.78 is 17.7. The molecule has 0 aromatic heterocycles. The number of halogens is 1. The van der Waals surface area contributed by atoms with E-state index in [1.54, 1.807) is 7.11 Å². The molecule has 1 rings (SSSR count). The molecule has 1 aromatic carbocycles. The molecule has 0 aliphatic carbocycles. The molecule has 1 N–H and O–H groups in total. The molecule has 0 saturated heterocycles. The minimum absolute atomic E-state index is 0.176. The van der Waals surface area contributed by atoms with Crippen molar-refractivity contribution in [2.75, 3.05) is 26.8 Å². The van der Waals surface area contributed by atoms with Crippen molar-refractivity contribution in [3.8, 4) is 0 Å². The lowest BCUT2D eigenvalue weighted by molar-refractivity contribution is 0.158. The van der Waals surface area contributed by atoms with E-state index < -0.39 is 0 Å². The number of benzene rings is 1. The largest absolute Gasteiger partial charge is 0.384 e. The van der Waals surface area contributed by atoms with Crippen LogP contribution in [-0.4, -0.2) is 26.8 Å². The second-order valence-electron chi connectivity index (χ2n) is 4.14. The van der Waals surface area contributed by atoms with E-state index in [-0.39, 0.29) is 5.82 Å². The fraction of sp³-hybridized carbons (Fsp3) is 0.538. The quantitative estimate of drug-likeness (QED) is 0.719. The fourth-order valence-corrected chi connectivity index (χ4v) is 1.58. The summed E-state index contributed by atoms with van der Waals surface area (Å²) in [5.74, 6) is 0.351. The molecule has 0 fully saturated rings. The van der Waals surface area contributed by atoms with E-state index in [2.05, 4.69) is 12.2 Å². The lowest BCUT2D eigenvalue weighted by Gasteiger charge is -2.11. The standard InChI is InChI=1S/C13H20FNO/c1-11(10-16-2)9-15-8-7-12-3-5-13(14)6-4-12/h3-6,11,15H,7-10H2,1-2H3. The van der Waals surface area contributed by atoms with Crippen LogP contribution in [0.25, 0.3) is 0 Å². The van der Waals surface area contributed by atoms with Crippen LogP contribution in [-0.2, 0) is 11.2 Å². The average molecular weight is 225 g/mol. The number of hydrogen-bond acceptors (Lipinski definition) is 2. The summed E-state index contributed by atoms with van der Waals surface area (Å²) in [4.78, 5) is 0. The molecule has 1 atom stereocenters. The third kappa shape index (κ3) is 5.24. The number of nitrogens with one attached hydrogen (secondary N) is 1. The Hall–Kier alpha value is -0.930. The van der Waals surface area contributed by atoms with Crippen LogP contribution in [0.1, 0.15) is 12.5 Å². The Morgan fingerprint density at radius 1 is 1.31 bits per heavy atom. The van der Waals surface area contributed by atoms with Gasteiger partial charge in [0.25, 0.3) is 0 Å². The molecule has 0 radical (unpaired) electrons. The first-order valence-electron chi connectivity index (χ1n) is 5.66. The molecule has 3 heteroatoms. The zero-order valence-corrected chi connectivity index (χ0v) is 10.0. The second-order valence-corrected chi connectivity index (χ2v) is 4.14. The molecule has 0 spiro atoms. The van der Waals surface area contributed by atoms with Crippen molar-refractivity contribution in [2.24, 2.45) is 5.92 Å². The number of rotatable bonds is 7. The highest BCUT2D eigenvalue weighted by atomic mass is 19.1. The van der Waals surface area contributed by atoms with E-state index in [0.717, 1.165) is 31.7 Å². The van der Waals surface area contributed by atoms with Crippen molar-refractivity contribution >= 4 is 0 Å². The van der Waals surface area contributed by atoms with Crippen LogP contribution in [0.3, 0.4) is 0 Å². The first kappa shape index (κ1) is 13.1. The van der Waals surface area contributed by atoms with Gasteiger partial charge in [0, 0.05) is 13.7 Å². The Labute approximate surface area is 96.8 Å². The molecule has 0 amide bonds. The Balaban J connectivity index is 2.13. The molecule has 1 unspecified atom stereocenters. The second kappa shape index (κ2) is 7.36. The predicted octanol–water partition coefficient (Wildman–Crippen LogP) is 2.24. The van der Waals surface area contributed by atoms with Crippen molar-refractivity contribution in [3.63, 3.8) is 0 Å². The molecule has 0 aliphatic heterocycles. The van der Waals surface area contributed by atoms with Crippen molar-refractivity contribution in [1.82, 2.24) is 5.32 Å². The van der Waals surface area contributed by atoms with Gasteiger partial charge in [-0.1, -0.05) is 19.1 Å². The summed E-state index contributed by atoms with van der Waals surface area (Å²) in [7, 11) is 1.72. The van der Waals surface area contributed by atoms with Gasteiger partial charge in [0.15, 0.2) is 0 Å². The summed E-state index contributed by atoms with van der Waals surface area (Å²) in [5.41, 5.74) is 1.16. The van der Waals surface area contributed by atoms with Gasteiger partial charge in [-0.05, 0) is 43.1 Å². The molecule has 2 nitrogen and oxygen atoms in total. The fourth-order valence-electron chi connectivity index (χ4n) is 1.58.